The van der Waals surface area contributed by atoms with Crippen LogP contribution < -0.4 is 15.4 Å². The summed E-state index contributed by atoms with van der Waals surface area (Å²) in [5, 5.41) is 7.25. The van der Waals surface area contributed by atoms with Gasteiger partial charge in [-0.3, -0.25) is 0 Å². The van der Waals surface area contributed by atoms with E-state index in [1.807, 2.05) is 0 Å². The molecule has 2 bridgehead atoms. The van der Waals surface area contributed by atoms with Crippen LogP contribution in [0.2, 0.25) is 5.02 Å². The summed E-state index contributed by atoms with van der Waals surface area (Å²) >= 11 is 6.00. The van der Waals surface area contributed by atoms with Crippen molar-refractivity contribution in [1.82, 2.24) is 15.6 Å². The van der Waals surface area contributed by atoms with Crippen molar-refractivity contribution in [3.63, 3.8) is 0 Å². The number of aliphatic imine (C=N–C) groups is 1. The van der Waals surface area contributed by atoms with Crippen LogP contribution in [0.1, 0.15) is 26.2 Å². The number of nitrogens with zero attached hydrogens (tertiary/aromatic N) is 2. The van der Waals surface area contributed by atoms with Crippen molar-refractivity contribution in [3.05, 3.63) is 23.4 Å². The molecule has 2 N–H and O–H groups in total. The summed E-state index contributed by atoms with van der Waals surface area (Å²) in [7, 11) is 0. The third-order valence-electron chi connectivity index (χ3n) is 4.10. The average molecular weight is 467 g/mol. The normalized spacial score (nSPS) is 25.2. The summed E-state index contributed by atoms with van der Waals surface area (Å²) in [6.45, 7) is 3.84. The Balaban J connectivity index is 0.00000208. The van der Waals surface area contributed by atoms with Gasteiger partial charge in [0.15, 0.2) is 5.96 Å². The van der Waals surface area contributed by atoms with Crippen LogP contribution in [0.25, 0.3) is 0 Å². The molecule has 3 heterocycles. The van der Waals surface area contributed by atoms with Gasteiger partial charge in [0, 0.05) is 12.7 Å². The molecule has 3 unspecified atom stereocenters. The first-order valence-corrected chi connectivity index (χ1v) is 8.57. The highest BCUT2D eigenvalue weighted by Crippen LogP contribution is 2.34. The van der Waals surface area contributed by atoms with E-state index in [1.165, 1.54) is 6.42 Å². The van der Waals surface area contributed by atoms with Gasteiger partial charge in [-0.25, -0.2) is 9.98 Å². The molecule has 0 saturated carbocycles. The molecule has 3 rings (SSSR count). The maximum atomic E-state index is 6.00. The van der Waals surface area contributed by atoms with Crippen molar-refractivity contribution in [2.24, 2.45) is 4.99 Å². The first-order valence-electron chi connectivity index (χ1n) is 8.20. The van der Waals surface area contributed by atoms with Gasteiger partial charge >= 0.3 is 0 Å². The lowest BCUT2D eigenvalue weighted by Crippen LogP contribution is -2.47. The van der Waals surface area contributed by atoms with E-state index < -0.39 is 0 Å². The lowest BCUT2D eigenvalue weighted by molar-refractivity contribution is 0.0992. The number of hydrogen-bond acceptors (Lipinski definition) is 4. The van der Waals surface area contributed by atoms with Gasteiger partial charge in [0.05, 0.1) is 24.8 Å². The fourth-order valence-electron chi connectivity index (χ4n) is 3.06. The lowest BCUT2D eigenvalue weighted by atomic mass is 9.96. The molecule has 2 fully saturated rings. The number of fused-ring (bicyclic) bond motifs is 2. The van der Waals surface area contributed by atoms with Gasteiger partial charge < -0.3 is 20.1 Å². The Kier molecular flexibility index (Phi) is 7.83. The second kappa shape index (κ2) is 9.62. The molecule has 24 heavy (non-hydrogen) atoms. The van der Waals surface area contributed by atoms with Crippen LogP contribution in [-0.2, 0) is 4.74 Å². The Labute approximate surface area is 164 Å². The monoisotopic (exact) mass is 466 g/mol. The number of halogens is 2. The Bertz CT molecular complexity index is 561. The van der Waals surface area contributed by atoms with Crippen molar-refractivity contribution in [2.75, 3.05) is 19.7 Å². The summed E-state index contributed by atoms with van der Waals surface area (Å²) in [6, 6.07) is 3.89. The van der Waals surface area contributed by atoms with Crippen molar-refractivity contribution < 1.29 is 9.47 Å². The number of pyridine rings is 1. The Morgan fingerprint density at radius 3 is 3.04 bits per heavy atom. The topological polar surface area (TPSA) is 67.8 Å². The van der Waals surface area contributed by atoms with Crippen LogP contribution in [0.3, 0.4) is 0 Å². The van der Waals surface area contributed by atoms with Crippen LogP contribution in [0.5, 0.6) is 5.88 Å². The predicted molar refractivity (Wildman–Crippen MR) is 106 cm³/mol. The van der Waals surface area contributed by atoms with Crippen molar-refractivity contribution >= 4 is 41.5 Å². The van der Waals surface area contributed by atoms with E-state index >= 15 is 0 Å². The molecule has 0 spiro atoms. The zero-order chi connectivity index (χ0) is 16.1. The predicted octanol–water partition coefficient (Wildman–Crippen LogP) is 2.61. The van der Waals surface area contributed by atoms with Crippen molar-refractivity contribution in [3.8, 4) is 5.88 Å². The van der Waals surface area contributed by atoms with E-state index in [2.05, 4.69) is 27.5 Å². The molecule has 1 aromatic heterocycles. The first kappa shape index (κ1) is 19.5. The summed E-state index contributed by atoms with van der Waals surface area (Å²) in [6.07, 6.45) is 5.81. The van der Waals surface area contributed by atoms with E-state index in [0.29, 0.717) is 42.3 Å². The SMILES string of the molecule is CCNC(=NCCOc1ncccc1Cl)NC1CC2CCC1O2.I. The van der Waals surface area contributed by atoms with E-state index in [-0.39, 0.29) is 24.0 Å². The number of nitrogens with one attached hydrogen (secondary N) is 2. The van der Waals surface area contributed by atoms with E-state index in [9.17, 15) is 0 Å². The molecule has 134 valence electrons. The third-order valence-corrected chi connectivity index (χ3v) is 4.38. The molecule has 6 nitrogen and oxygen atoms in total. The van der Waals surface area contributed by atoms with Crippen LogP contribution in [-0.4, -0.2) is 48.9 Å². The number of guanidine groups is 1. The quantitative estimate of drug-likeness (QED) is 0.292. The molecule has 2 aliphatic rings. The number of rotatable bonds is 6. The third kappa shape index (κ3) is 5.10. The maximum absolute atomic E-state index is 6.00. The number of hydrogen-bond donors (Lipinski definition) is 2. The summed E-state index contributed by atoms with van der Waals surface area (Å²) in [5.41, 5.74) is 0. The number of aromatic nitrogens is 1. The van der Waals surface area contributed by atoms with Crippen LogP contribution >= 0.6 is 35.6 Å². The second-order valence-electron chi connectivity index (χ2n) is 5.76. The van der Waals surface area contributed by atoms with Crippen molar-refractivity contribution in [1.29, 1.82) is 0 Å². The van der Waals surface area contributed by atoms with E-state index in [0.717, 1.165) is 25.3 Å². The fraction of sp³-hybridized carbons (Fsp3) is 0.625. The summed E-state index contributed by atoms with van der Waals surface area (Å²) < 4.78 is 11.4. The minimum Gasteiger partial charge on any atom is -0.475 e. The van der Waals surface area contributed by atoms with Crippen LogP contribution in [0, 0.1) is 0 Å². The van der Waals surface area contributed by atoms with Crippen LogP contribution in [0.15, 0.2) is 23.3 Å². The van der Waals surface area contributed by atoms with Gasteiger partial charge in [-0.15, -0.1) is 24.0 Å². The fourth-order valence-corrected chi connectivity index (χ4v) is 3.24. The van der Waals surface area contributed by atoms with Gasteiger partial charge in [0.2, 0.25) is 5.88 Å². The first-order chi connectivity index (χ1) is 11.3. The molecule has 2 saturated heterocycles. The van der Waals surface area contributed by atoms with Gasteiger partial charge in [0.25, 0.3) is 0 Å². The Morgan fingerprint density at radius 1 is 1.50 bits per heavy atom. The number of ether oxygens (including phenoxy) is 2. The standard InChI is InChI=1S/C16H23ClN4O2.HI/c1-2-18-16(21-13-10-11-5-6-14(13)23-11)20-8-9-22-15-12(17)4-3-7-19-15;/h3-4,7,11,13-14H,2,5-6,8-10H2,1H3,(H2,18,20,21);1H. The molecule has 0 amide bonds. The molecule has 2 aliphatic heterocycles. The second-order valence-corrected chi connectivity index (χ2v) is 6.17. The molecule has 0 radical (unpaired) electrons. The van der Waals surface area contributed by atoms with Crippen LogP contribution in [0.4, 0.5) is 0 Å². The lowest BCUT2D eigenvalue weighted by Gasteiger charge is -2.22. The molecule has 3 atom stereocenters. The summed E-state index contributed by atoms with van der Waals surface area (Å²) in [4.78, 5) is 8.64. The maximum Gasteiger partial charge on any atom is 0.232 e. The van der Waals surface area contributed by atoms with Gasteiger partial charge in [-0.05, 0) is 38.3 Å². The zero-order valence-electron chi connectivity index (χ0n) is 13.7. The largest absolute Gasteiger partial charge is 0.475 e. The molecule has 0 aliphatic carbocycles. The molecular formula is C16H24ClIN4O2. The Hall–Kier alpha value is -0.800. The van der Waals surface area contributed by atoms with Gasteiger partial charge in [0.1, 0.15) is 11.6 Å². The highest BCUT2D eigenvalue weighted by molar-refractivity contribution is 14.0. The average Bonchev–Trinajstić information content (AvgIpc) is 3.16. The highest BCUT2D eigenvalue weighted by Gasteiger charge is 2.41. The van der Waals surface area contributed by atoms with Gasteiger partial charge in [-0.1, -0.05) is 11.6 Å². The van der Waals surface area contributed by atoms with E-state index in [4.69, 9.17) is 21.1 Å². The minimum absolute atomic E-state index is 0. The smallest absolute Gasteiger partial charge is 0.232 e. The molecule has 1 aromatic rings. The molecular weight excluding hydrogens is 443 g/mol. The molecule has 0 aromatic carbocycles. The Morgan fingerprint density at radius 2 is 2.38 bits per heavy atom. The molecule has 8 heteroatoms. The van der Waals surface area contributed by atoms with Gasteiger partial charge in [-0.2, -0.15) is 0 Å². The summed E-state index contributed by atoms with van der Waals surface area (Å²) in [5.74, 6) is 1.26. The zero-order valence-corrected chi connectivity index (χ0v) is 16.8. The minimum atomic E-state index is 0. The van der Waals surface area contributed by atoms with Crippen molar-refractivity contribution in [2.45, 2.75) is 44.4 Å². The van der Waals surface area contributed by atoms with E-state index in [1.54, 1.807) is 18.3 Å². The highest BCUT2D eigenvalue weighted by atomic mass is 127.